The van der Waals surface area contributed by atoms with Crippen molar-refractivity contribution in [2.75, 3.05) is 18.1 Å². The lowest BCUT2D eigenvalue weighted by Crippen LogP contribution is -2.59. The molecule has 1 saturated heterocycles. The van der Waals surface area contributed by atoms with Crippen molar-refractivity contribution in [3.05, 3.63) is 93.6 Å². The third kappa shape index (κ3) is 7.93. The second kappa shape index (κ2) is 15.4. The molecule has 1 aliphatic carbocycles. The average Bonchev–Trinajstić information content (AvgIpc) is 3.10. The number of fused-ring (bicyclic) bond motifs is 1. The number of halogens is 5. The molecule has 1 amide bonds. The van der Waals surface area contributed by atoms with E-state index in [4.69, 9.17) is 4.74 Å². The summed E-state index contributed by atoms with van der Waals surface area (Å²) in [5.74, 6) is -12.9. The van der Waals surface area contributed by atoms with Crippen molar-refractivity contribution in [1.82, 2.24) is 18.8 Å². The van der Waals surface area contributed by atoms with Gasteiger partial charge in [0.15, 0.2) is 28.2 Å². The smallest absolute Gasteiger partial charge is 0.263 e. The summed E-state index contributed by atoms with van der Waals surface area (Å²) < 4.78 is 106. The first-order chi connectivity index (χ1) is 25.1. The molecule has 0 radical (unpaired) electrons. The number of aromatic nitrogens is 3. The first kappa shape index (κ1) is 38.7. The maximum absolute atomic E-state index is 14.7. The molecule has 2 aliphatic rings. The van der Waals surface area contributed by atoms with Gasteiger partial charge in [-0.2, -0.15) is 4.31 Å². The van der Waals surface area contributed by atoms with Gasteiger partial charge in [0, 0.05) is 33.1 Å². The van der Waals surface area contributed by atoms with E-state index in [-0.39, 0.29) is 41.8 Å². The summed E-state index contributed by atoms with van der Waals surface area (Å²) in [6.45, 7) is 6.53. The highest BCUT2D eigenvalue weighted by Gasteiger charge is 2.48. The quantitative estimate of drug-likeness (QED) is 0.0509. The molecular weight excluding hydrogens is 738 g/mol. The maximum atomic E-state index is 14.7. The minimum atomic E-state index is -5.38. The van der Waals surface area contributed by atoms with Crippen LogP contribution in [-0.2, 0) is 32.8 Å². The number of pyridine rings is 1. The molecular formula is C36H40F5N5O5SSi. The highest BCUT2D eigenvalue weighted by Crippen LogP contribution is 2.36. The van der Waals surface area contributed by atoms with Gasteiger partial charge in [0.1, 0.15) is 19.1 Å². The third-order valence-corrected chi connectivity index (χ3v) is 13.5. The average molecular weight is 778 g/mol. The number of hydrogen-bond acceptors (Lipinski definition) is 7. The Morgan fingerprint density at radius 3 is 2.21 bits per heavy atom. The summed E-state index contributed by atoms with van der Waals surface area (Å²) in [4.78, 5) is 35.7. The van der Waals surface area contributed by atoms with Crippen molar-refractivity contribution in [2.45, 2.75) is 94.3 Å². The Bertz CT molecular complexity index is 2170. The lowest BCUT2D eigenvalue weighted by molar-refractivity contribution is -0.125. The minimum absolute atomic E-state index is 0.00380. The van der Waals surface area contributed by atoms with Gasteiger partial charge in [-0.25, -0.2) is 35.4 Å². The van der Waals surface area contributed by atoms with Gasteiger partial charge in [-0.3, -0.25) is 19.1 Å². The molecule has 0 spiro atoms. The first-order valence-corrected chi connectivity index (χ1v) is 22.6. The number of carbonyl (C=O) groups excluding carboxylic acids is 1. The van der Waals surface area contributed by atoms with Gasteiger partial charge >= 0.3 is 0 Å². The molecule has 2 aromatic carbocycles. The van der Waals surface area contributed by atoms with E-state index in [0.717, 1.165) is 37.3 Å². The van der Waals surface area contributed by atoms with Gasteiger partial charge in [0.05, 0.1) is 23.1 Å². The van der Waals surface area contributed by atoms with Crippen LogP contribution in [0.1, 0.15) is 55.7 Å². The molecule has 1 unspecified atom stereocenters. The van der Waals surface area contributed by atoms with E-state index in [1.807, 2.05) is 6.07 Å². The molecule has 284 valence electrons. The minimum Gasteiger partial charge on any atom is -0.361 e. The zero-order chi connectivity index (χ0) is 38.2. The van der Waals surface area contributed by atoms with Gasteiger partial charge in [-0.1, -0.05) is 45.0 Å². The van der Waals surface area contributed by atoms with E-state index >= 15 is 0 Å². The highest BCUT2D eigenvalue weighted by atomic mass is 32.2. The zero-order valence-electron chi connectivity index (χ0n) is 29.5. The molecule has 2 fully saturated rings. The topological polar surface area (TPSA) is 115 Å². The van der Waals surface area contributed by atoms with Gasteiger partial charge < -0.3 is 9.64 Å². The van der Waals surface area contributed by atoms with Crippen molar-refractivity contribution >= 4 is 40.6 Å². The van der Waals surface area contributed by atoms with E-state index in [2.05, 4.69) is 29.6 Å². The number of ether oxygens (including phenoxy) is 1. The number of anilines is 1. The van der Waals surface area contributed by atoms with Gasteiger partial charge in [-0.05, 0) is 61.1 Å². The van der Waals surface area contributed by atoms with Crippen LogP contribution in [0.25, 0.3) is 10.9 Å². The normalized spacial score (nSPS) is 17.2. The number of carbonyl (C=O) groups is 1. The standard InChI is InChI=1S/C36H40F5N5O5SSi/c1-53(2,3)16-15-51-21-44-20-43-27-17-25(11-12-26(27)35(44)47)45(19-24-10-9-23(18-42-24)22-7-5-4-6-8-22)36(48)28-13-14-46(28)52(49,50)34-32(40)30(38)29(37)31(39)33(34)41/h9-12,17-18,20,22,28H,4-8,13-16,19,21H2,1-3H3. The molecule has 17 heteroatoms. The van der Waals surface area contributed by atoms with Crippen LogP contribution in [0.2, 0.25) is 25.7 Å². The molecule has 1 saturated carbocycles. The van der Waals surface area contributed by atoms with Crippen LogP contribution in [0.4, 0.5) is 27.6 Å². The number of benzene rings is 2. The summed E-state index contributed by atoms with van der Waals surface area (Å²) >= 11 is 0. The maximum Gasteiger partial charge on any atom is 0.263 e. The van der Waals surface area contributed by atoms with Crippen LogP contribution < -0.4 is 10.5 Å². The van der Waals surface area contributed by atoms with Crippen LogP contribution in [0.15, 0.2) is 52.5 Å². The van der Waals surface area contributed by atoms with Crippen LogP contribution in [-0.4, -0.2) is 60.4 Å². The van der Waals surface area contributed by atoms with Crippen molar-refractivity contribution in [3.63, 3.8) is 0 Å². The summed E-state index contributed by atoms with van der Waals surface area (Å²) in [5.41, 5.74) is 1.54. The molecule has 0 N–H and O–H groups in total. The van der Waals surface area contributed by atoms with Gasteiger partial charge in [-0.15, -0.1) is 0 Å². The van der Waals surface area contributed by atoms with E-state index in [1.54, 1.807) is 12.3 Å². The Balaban J connectivity index is 1.32. The second-order valence-electron chi connectivity index (χ2n) is 14.7. The van der Waals surface area contributed by atoms with E-state index < -0.39 is 70.6 Å². The third-order valence-electron chi connectivity index (χ3n) is 9.85. The SMILES string of the molecule is C[Si](C)(C)CCOCn1cnc2cc(N(Cc3ccc(C4CCCCC4)cn3)C(=O)C3CCN3S(=O)(=O)c3c(F)c(F)c(F)c(F)c3F)ccc2c1=O. The van der Waals surface area contributed by atoms with E-state index in [9.17, 15) is 40.0 Å². The molecule has 6 rings (SSSR count). The predicted octanol–water partition coefficient (Wildman–Crippen LogP) is 6.84. The number of sulfonamides is 1. The van der Waals surface area contributed by atoms with Crippen LogP contribution in [0.3, 0.4) is 0 Å². The number of amides is 1. The Hall–Kier alpha value is -4.06. The fourth-order valence-electron chi connectivity index (χ4n) is 6.62. The molecule has 1 aliphatic heterocycles. The lowest BCUT2D eigenvalue weighted by Gasteiger charge is -2.41. The van der Waals surface area contributed by atoms with Gasteiger partial charge in [0.2, 0.25) is 21.7 Å². The fourth-order valence-corrected chi connectivity index (χ4v) is 9.12. The second-order valence-corrected chi connectivity index (χ2v) is 22.2. The van der Waals surface area contributed by atoms with Crippen LogP contribution in [0.5, 0.6) is 0 Å². The van der Waals surface area contributed by atoms with Crippen molar-refractivity contribution < 1.29 is 39.9 Å². The Kier molecular flexibility index (Phi) is 11.2. The Labute approximate surface area is 304 Å². The first-order valence-electron chi connectivity index (χ1n) is 17.4. The Morgan fingerprint density at radius 2 is 1.60 bits per heavy atom. The zero-order valence-corrected chi connectivity index (χ0v) is 31.4. The summed E-state index contributed by atoms with van der Waals surface area (Å²) in [6.07, 6.45) is 8.46. The lowest BCUT2D eigenvalue weighted by atomic mass is 9.85. The molecule has 53 heavy (non-hydrogen) atoms. The molecule has 10 nitrogen and oxygen atoms in total. The number of rotatable bonds is 12. The Morgan fingerprint density at radius 1 is 0.925 bits per heavy atom. The largest absolute Gasteiger partial charge is 0.361 e. The van der Waals surface area contributed by atoms with E-state index in [1.165, 1.54) is 40.4 Å². The van der Waals surface area contributed by atoms with E-state index in [0.29, 0.717) is 22.5 Å². The summed E-state index contributed by atoms with van der Waals surface area (Å²) in [6, 6.07) is 7.48. The molecule has 4 aromatic rings. The molecule has 3 heterocycles. The molecule has 2 aromatic heterocycles. The van der Waals surface area contributed by atoms with Gasteiger partial charge in [0.25, 0.3) is 5.56 Å². The monoisotopic (exact) mass is 777 g/mol. The predicted molar refractivity (Wildman–Crippen MR) is 190 cm³/mol. The van der Waals surface area contributed by atoms with Crippen molar-refractivity contribution in [3.8, 4) is 0 Å². The highest BCUT2D eigenvalue weighted by molar-refractivity contribution is 7.89. The number of hydrogen-bond donors (Lipinski definition) is 0. The molecule has 1 atom stereocenters. The van der Waals surface area contributed by atoms with Crippen LogP contribution in [0, 0.1) is 29.1 Å². The van der Waals surface area contributed by atoms with Crippen molar-refractivity contribution in [1.29, 1.82) is 0 Å². The summed E-state index contributed by atoms with van der Waals surface area (Å²) in [7, 11) is -6.73. The number of nitrogens with zero attached hydrogens (tertiary/aromatic N) is 5. The van der Waals surface area contributed by atoms with Crippen LogP contribution >= 0.6 is 0 Å². The summed E-state index contributed by atoms with van der Waals surface area (Å²) in [5, 5.41) is 0.228. The molecule has 0 bridgehead atoms. The fraction of sp³-hybridized carbons (Fsp3) is 0.444. The van der Waals surface area contributed by atoms with Crippen molar-refractivity contribution in [2.24, 2.45) is 0 Å².